The van der Waals surface area contributed by atoms with E-state index in [1.54, 1.807) is 16.7 Å². The predicted molar refractivity (Wildman–Crippen MR) is 134 cm³/mol. The molecular formula is C27H30ClN3O2. The number of aromatic nitrogens is 2. The van der Waals surface area contributed by atoms with Gasteiger partial charge in [0.1, 0.15) is 17.1 Å². The topological polar surface area (TPSA) is 64.0 Å². The summed E-state index contributed by atoms with van der Waals surface area (Å²) in [7, 11) is 0. The Balaban J connectivity index is 1.92. The molecule has 1 aliphatic rings. The van der Waals surface area contributed by atoms with Crippen LogP contribution in [0.4, 0.5) is 0 Å². The summed E-state index contributed by atoms with van der Waals surface area (Å²) in [6.07, 6.45) is 5.35. The second-order valence-corrected chi connectivity index (χ2v) is 9.58. The van der Waals surface area contributed by atoms with E-state index in [2.05, 4.69) is 5.32 Å². The predicted octanol–water partition coefficient (Wildman–Crippen LogP) is 5.95. The van der Waals surface area contributed by atoms with Crippen molar-refractivity contribution in [3.05, 3.63) is 75.7 Å². The van der Waals surface area contributed by atoms with Gasteiger partial charge in [-0.3, -0.25) is 9.59 Å². The summed E-state index contributed by atoms with van der Waals surface area (Å²) in [5.41, 5.74) is 2.40. The van der Waals surface area contributed by atoms with Crippen LogP contribution in [-0.4, -0.2) is 21.5 Å². The molecule has 0 bridgehead atoms. The Hall–Kier alpha value is -2.92. The summed E-state index contributed by atoms with van der Waals surface area (Å²) in [5, 5.41) is 3.79. The van der Waals surface area contributed by atoms with Gasteiger partial charge in [0.15, 0.2) is 0 Å². The van der Waals surface area contributed by atoms with E-state index < -0.39 is 0 Å². The number of nitrogens with one attached hydrogen (secondary N) is 1. The van der Waals surface area contributed by atoms with E-state index in [9.17, 15) is 9.59 Å². The molecule has 6 heteroatoms. The summed E-state index contributed by atoms with van der Waals surface area (Å²) < 4.78 is 1.61. The van der Waals surface area contributed by atoms with Crippen LogP contribution in [0.25, 0.3) is 22.5 Å². The van der Waals surface area contributed by atoms with E-state index in [0.29, 0.717) is 28.6 Å². The van der Waals surface area contributed by atoms with Crippen LogP contribution in [0.2, 0.25) is 5.02 Å². The van der Waals surface area contributed by atoms with E-state index in [-0.39, 0.29) is 23.4 Å². The molecular weight excluding hydrogens is 434 g/mol. The number of hydrogen-bond donors (Lipinski definition) is 1. The Bertz CT molecular complexity index is 1160. The minimum Gasteiger partial charge on any atom is -0.348 e. The number of rotatable bonds is 6. The number of nitrogens with zero attached hydrogens (tertiary/aromatic N) is 2. The molecule has 0 saturated heterocycles. The van der Waals surface area contributed by atoms with Crippen molar-refractivity contribution in [1.29, 1.82) is 0 Å². The Labute approximate surface area is 199 Å². The van der Waals surface area contributed by atoms with Gasteiger partial charge in [-0.1, -0.05) is 87.2 Å². The number of carbonyl (C=O) groups is 1. The Morgan fingerprint density at radius 2 is 1.64 bits per heavy atom. The molecule has 1 amide bonds. The first-order chi connectivity index (χ1) is 15.9. The third-order valence-electron chi connectivity index (χ3n) is 6.03. The van der Waals surface area contributed by atoms with E-state index in [1.165, 1.54) is 6.42 Å². The zero-order valence-corrected chi connectivity index (χ0v) is 19.9. The zero-order chi connectivity index (χ0) is 23.4. The van der Waals surface area contributed by atoms with Crippen molar-refractivity contribution in [2.24, 2.45) is 5.92 Å². The van der Waals surface area contributed by atoms with Gasteiger partial charge in [-0.15, -0.1) is 0 Å². The van der Waals surface area contributed by atoms with Crippen LogP contribution in [0.15, 0.2) is 59.4 Å². The number of benzene rings is 2. The van der Waals surface area contributed by atoms with Crippen molar-refractivity contribution in [2.75, 3.05) is 0 Å². The molecule has 33 heavy (non-hydrogen) atoms. The van der Waals surface area contributed by atoms with E-state index >= 15 is 0 Å². The highest BCUT2D eigenvalue weighted by Gasteiger charge is 2.26. The molecule has 1 aromatic heterocycles. The summed E-state index contributed by atoms with van der Waals surface area (Å²) in [6, 6.07) is 16.8. The summed E-state index contributed by atoms with van der Waals surface area (Å²) in [5.74, 6) is -0.0651. The monoisotopic (exact) mass is 463 g/mol. The van der Waals surface area contributed by atoms with E-state index in [0.717, 1.165) is 36.8 Å². The van der Waals surface area contributed by atoms with Gasteiger partial charge in [-0.05, 0) is 30.9 Å². The standard InChI is InChI=1S/C27H30ClN3O2/c1-18(2)17-31-25(26(32)29-22-11-7-4-8-12-22)23(20-13-15-21(28)16-14-20)30-24(27(31)33)19-9-5-3-6-10-19/h3,5-6,9-10,13-16,18,22H,4,7-8,11-12,17H2,1-2H3,(H,29,32). The summed E-state index contributed by atoms with van der Waals surface area (Å²) in [4.78, 5) is 32.1. The van der Waals surface area contributed by atoms with Crippen LogP contribution in [0, 0.1) is 5.92 Å². The molecule has 0 aliphatic heterocycles. The van der Waals surface area contributed by atoms with Gasteiger partial charge in [0.05, 0.1) is 0 Å². The first-order valence-electron chi connectivity index (χ1n) is 11.7. The molecule has 4 rings (SSSR count). The highest BCUT2D eigenvalue weighted by Crippen LogP contribution is 2.27. The third-order valence-corrected chi connectivity index (χ3v) is 6.29. The lowest BCUT2D eigenvalue weighted by Crippen LogP contribution is -2.41. The fraction of sp³-hybridized carbons (Fsp3) is 0.370. The van der Waals surface area contributed by atoms with Crippen LogP contribution in [0.3, 0.4) is 0 Å². The van der Waals surface area contributed by atoms with Crippen molar-refractivity contribution < 1.29 is 4.79 Å². The van der Waals surface area contributed by atoms with Crippen molar-refractivity contribution in [2.45, 2.75) is 58.5 Å². The number of halogens is 1. The quantitative estimate of drug-likeness (QED) is 0.491. The molecule has 1 saturated carbocycles. The molecule has 5 nitrogen and oxygen atoms in total. The average Bonchev–Trinajstić information content (AvgIpc) is 2.81. The van der Waals surface area contributed by atoms with Gasteiger partial charge < -0.3 is 9.88 Å². The van der Waals surface area contributed by atoms with Crippen molar-refractivity contribution in [3.8, 4) is 22.5 Å². The maximum atomic E-state index is 13.7. The molecule has 172 valence electrons. The minimum absolute atomic E-state index is 0.126. The Morgan fingerprint density at radius 1 is 1.00 bits per heavy atom. The van der Waals surface area contributed by atoms with Gasteiger partial charge in [0.2, 0.25) is 0 Å². The van der Waals surface area contributed by atoms with Gasteiger partial charge in [0.25, 0.3) is 11.5 Å². The normalized spacial score (nSPS) is 14.4. The van der Waals surface area contributed by atoms with Crippen molar-refractivity contribution in [1.82, 2.24) is 14.9 Å². The van der Waals surface area contributed by atoms with Gasteiger partial charge in [-0.2, -0.15) is 0 Å². The SMILES string of the molecule is CC(C)Cn1c(C(=O)NC2CCCCC2)c(-c2ccc(Cl)cc2)nc(-c2ccccc2)c1=O. The average molecular weight is 464 g/mol. The second-order valence-electron chi connectivity index (χ2n) is 9.15. The minimum atomic E-state index is -0.249. The van der Waals surface area contributed by atoms with Crippen molar-refractivity contribution >= 4 is 17.5 Å². The largest absolute Gasteiger partial charge is 0.348 e. The first kappa shape index (κ1) is 23.2. The highest BCUT2D eigenvalue weighted by atomic mass is 35.5. The molecule has 0 atom stereocenters. The van der Waals surface area contributed by atoms with Gasteiger partial charge >= 0.3 is 0 Å². The van der Waals surface area contributed by atoms with Crippen LogP contribution in [-0.2, 0) is 6.54 Å². The molecule has 2 aromatic carbocycles. The fourth-order valence-corrected chi connectivity index (χ4v) is 4.56. The van der Waals surface area contributed by atoms with Crippen LogP contribution >= 0.6 is 11.6 Å². The lowest BCUT2D eigenvalue weighted by Gasteiger charge is -2.25. The molecule has 0 spiro atoms. The smallest absolute Gasteiger partial charge is 0.277 e. The van der Waals surface area contributed by atoms with Crippen LogP contribution < -0.4 is 10.9 Å². The van der Waals surface area contributed by atoms with Gasteiger partial charge in [-0.25, -0.2) is 4.98 Å². The van der Waals surface area contributed by atoms with Crippen molar-refractivity contribution in [3.63, 3.8) is 0 Å². The molecule has 1 N–H and O–H groups in total. The molecule has 0 unspecified atom stereocenters. The maximum absolute atomic E-state index is 13.7. The lowest BCUT2D eigenvalue weighted by atomic mass is 9.95. The molecule has 3 aromatic rings. The molecule has 0 radical (unpaired) electrons. The second kappa shape index (κ2) is 10.3. The summed E-state index contributed by atoms with van der Waals surface area (Å²) >= 11 is 6.13. The van der Waals surface area contributed by atoms with E-state index in [1.807, 2.05) is 56.3 Å². The van der Waals surface area contributed by atoms with Crippen LogP contribution in [0.5, 0.6) is 0 Å². The molecule has 1 fully saturated rings. The van der Waals surface area contributed by atoms with Crippen LogP contribution in [0.1, 0.15) is 56.4 Å². The van der Waals surface area contributed by atoms with Gasteiger partial charge in [0, 0.05) is 28.7 Å². The number of hydrogen-bond acceptors (Lipinski definition) is 3. The number of amides is 1. The number of carbonyl (C=O) groups excluding carboxylic acids is 1. The molecule has 1 heterocycles. The third kappa shape index (κ3) is 5.36. The fourth-order valence-electron chi connectivity index (χ4n) is 4.43. The molecule has 1 aliphatic carbocycles. The summed E-state index contributed by atoms with van der Waals surface area (Å²) in [6.45, 7) is 4.51. The Morgan fingerprint density at radius 3 is 2.27 bits per heavy atom. The zero-order valence-electron chi connectivity index (χ0n) is 19.2. The highest BCUT2D eigenvalue weighted by molar-refractivity contribution is 6.30. The van der Waals surface area contributed by atoms with E-state index in [4.69, 9.17) is 16.6 Å². The Kier molecular flexibility index (Phi) is 7.29. The lowest BCUT2D eigenvalue weighted by molar-refractivity contribution is 0.0916. The maximum Gasteiger partial charge on any atom is 0.277 e. The first-order valence-corrected chi connectivity index (χ1v) is 12.1.